The molecule has 1 aromatic carbocycles. The summed E-state index contributed by atoms with van der Waals surface area (Å²) in [5, 5.41) is 5.33. The van der Waals surface area contributed by atoms with E-state index in [1.165, 1.54) is 0 Å². The largest absolute Gasteiger partial charge is 0.336 e. The molecule has 1 fully saturated rings. The molecular weight excluding hydrogens is 324 g/mol. The fraction of sp³-hybridized carbons (Fsp3) is 0.381. The average Bonchev–Trinajstić information content (AvgIpc) is 3.29. The first kappa shape index (κ1) is 16.8. The normalized spacial score (nSPS) is 17.4. The summed E-state index contributed by atoms with van der Waals surface area (Å²) in [5.41, 5.74) is 3.31. The molecule has 5 heteroatoms. The topological polar surface area (TPSA) is 51.0 Å². The van der Waals surface area contributed by atoms with Crippen molar-refractivity contribution in [3.8, 4) is 11.3 Å². The number of aromatic nitrogens is 3. The van der Waals surface area contributed by atoms with Crippen molar-refractivity contribution in [2.24, 2.45) is 0 Å². The number of carbonyl (C=O) groups excluding carboxylic acids is 1. The molecule has 2 aromatic heterocycles. The van der Waals surface area contributed by atoms with Gasteiger partial charge in [0.15, 0.2) is 0 Å². The molecule has 4 rings (SSSR count). The van der Waals surface area contributed by atoms with E-state index >= 15 is 0 Å². The van der Waals surface area contributed by atoms with Crippen LogP contribution >= 0.6 is 0 Å². The summed E-state index contributed by atoms with van der Waals surface area (Å²) in [7, 11) is 0. The fourth-order valence-corrected chi connectivity index (χ4v) is 3.64. The molecule has 0 radical (unpaired) electrons. The van der Waals surface area contributed by atoms with Crippen molar-refractivity contribution < 1.29 is 4.79 Å². The SMILES string of the molecule is CC(C)n1cc(-c2cc(C(=O)N3CCC[C@@H]3C)c3ccccc3n2)cn1. The van der Waals surface area contributed by atoms with Crippen LogP contribution < -0.4 is 0 Å². The quantitative estimate of drug-likeness (QED) is 0.709. The maximum absolute atomic E-state index is 13.2. The molecule has 1 amide bonds. The second-order valence-electron chi connectivity index (χ2n) is 7.36. The number of hydrogen-bond donors (Lipinski definition) is 0. The second-order valence-corrected chi connectivity index (χ2v) is 7.36. The van der Waals surface area contributed by atoms with Crippen molar-refractivity contribution in [3.63, 3.8) is 0 Å². The Morgan fingerprint density at radius 2 is 2.08 bits per heavy atom. The van der Waals surface area contributed by atoms with Gasteiger partial charge in [-0.25, -0.2) is 4.98 Å². The molecule has 0 bridgehead atoms. The molecule has 3 aromatic rings. The van der Waals surface area contributed by atoms with Crippen LogP contribution in [0.2, 0.25) is 0 Å². The van der Waals surface area contributed by atoms with E-state index in [9.17, 15) is 4.79 Å². The highest BCUT2D eigenvalue weighted by Crippen LogP contribution is 2.28. The Kier molecular flexibility index (Phi) is 4.23. The molecule has 1 atom stereocenters. The van der Waals surface area contributed by atoms with E-state index in [4.69, 9.17) is 4.98 Å². The molecule has 1 saturated heterocycles. The lowest BCUT2D eigenvalue weighted by molar-refractivity contribution is 0.0749. The van der Waals surface area contributed by atoms with Crippen molar-refractivity contribution in [2.45, 2.75) is 45.7 Å². The van der Waals surface area contributed by atoms with Gasteiger partial charge in [0.2, 0.25) is 0 Å². The van der Waals surface area contributed by atoms with Crippen LogP contribution in [0.5, 0.6) is 0 Å². The zero-order valence-electron chi connectivity index (χ0n) is 15.5. The first-order chi connectivity index (χ1) is 12.5. The van der Waals surface area contributed by atoms with Crippen LogP contribution in [-0.2, 0) is 0 Å². The number of pyridine rings is 1. The summed E-state index contributed by atoms with van der Waals surface area (Å²) in [4.78, 5) is 20.0. The molecule has 0 unspecified atom stereocenters. The van der Waals surface area contributed by atoms with Crippen LogP contribution in [0.3, 0.4) is 0 Å². The first-order valence-electron chi connectivity index (χ1n) is 9.30. The molecule has 3 heterocycles. The third-order valence-electron chi connectivity index (χ3n) is 5.19. The lowest BCUT2D eigenvalue weighted by Crippen LogP contribution is -2.33. The summed E-state index contributed by atoms with van der Waals surface area (Å²) in [6, 6.07) is 10.4. The fourth-order valence-electron chi connectivity index (χ4n) is 3.64. The van der Waals surface area contributed by atoms with Gasteiger partial charge in [-0.15, -0.1) is 0 Å². The maximum Gasteiger partial charge on any atom is 0.254 e. The monoisotopic (exact) mass is 348 g/mol. The molecule has 1 aliphatic heterocycles. The molecule has 0 spiro atoms. The summed E-state index contributed by atoms with van der Waals surface area (Å²) in [6.07, 6.45) is 5.96. The Morgan fingerprint density at radius 3 is 2.77 bits per heavy atom. The van der Waals surface area contributed by atoms with Gasteiger partial charge in [0.05, 0.1) is 23.0 Å². The number of para-hydroxylation sites is 1. The summed E-state index contributed by atoms with van der Waals surface area (Å²) in [5.74, 6) is 0.103. The number of hydrogen-bond acceptors (Lipinski definition) is 3. The number of nitrogens with zero attached hydrogens (tertiary/aromatic N) is 4. The predicted octanol–water partition coefficient (Wildman–Crippen LogP) is 4.30. The van der Waals surface area contributed by atoms with Gasteiger partial charge in [-0.3, -0.25) is 9.48 Å². The van der Waals surface area contributed by atoms with Crippen molar-refractivity contribution >= 4 is 16.8 Å². The molecule has 26 heavy (non-hydrogen) atoms. The third kappa shape index (κ3) is 2.87. The number of rotatable bonds is 3. The molecular formula is C21H24N4O. The van der Waals surface area contributed by atoms with Crippen LogP contribution in [-0.4, -0.2) is 38.2 Å². The van der Waals surface area contributed by atoms with Crippen LogP contribution in [0, 0.1) is 0 Å². The van der Waals surface area contributed by atoms with Crippen molar-refractivity contribution in [2.75, 3.05) is 6.54 Å². The van der Waals surface area contributed by atoms with E-state index in [2.05, 4.69) is 25.9 Å². The van der Waals surface area contributed by atoms with E-state index in [0.717, 1.165) is 47.1 Å². The van der Waals surface area contributed by atoms with Gasteiger partial charge in [-0.2, -0.15) is 5.10 Å². The zero-order chi connectivity index (χ0) is 18.3. The van der Waals surface area contributed by atoms with E-state index in [1.54, 1.807) is 0 Å². The minimum absolute atomic E-state index is 0.103. The van der Waals surface area contributed by atoms with Gasteiger partial charge in [0, 0.05) is 35.8 Å². The number of fused-ring (bicyclic) bond motifs is 1. The Bertz CT molecular complexity index is 960. The Morgan fingerprint density at radius 1 is 1.27 bits per heavy atom. The number of likely N-dealkylation sites (tertiary alicyclic amines) is 1. The smallest absolute Gasteiger partial charge is 0.254 e. The zero-order valence-corrected chi connectivity index (χ0v) is 15.5. The summed E-state index contributed by atoms with van der Waals surface area (Å²) in [6.45, 7) is 7.14. The molecule has 0 aliphatic carbocycles. The summed E-state index contributed by atoms with van der Waals surface area (Å²) < 4.78 is 1.91. The highest BCUT2D eigenvalue weighted by Gasteiger charge is 2.27. The average molecular weight is 348 g/mol. The molecule has 0 saturated carbocycles. The predicted molar refractivity (Wildman–Crippen MR) is 103 cm³/mol. The number of carbonyl (C=O) groups is 1. The Labute approximate surface area is 153 Å². The van der Waals surface area contributed by atoms with E-state index in [0.29, 0.717) is 6.04 Å². The number of benzene rings is 1. The van der Waals surface area contributed by atoms with Crippen LogP contribution in [0.4, 0.5) is 0 Å². The third-order valence-corrected chi connectivity index (χ3v) is 5.19. The van der Waals surface area contributed by atoms with Crippen LogP contribution in [0.25, 0.3) is 22.2 Å². The molecule has 134 valence electrons. The van der Waals surface area contributed by atoms with Gasteiger partial charge in [-0.05, 0) is 45.7 Å². The van der Waals surface area contributed by atoms with Gasteiger partial charge in [0.1, 0.15) is 0 Å². The van der Waals surface area contributed by atoms with Gasteiger partial charge >= 0.3 is 0 Å². The standard InChI is InChI=1S/C21H24N4O/c1-14(2)25-13-16(12-22-25)20-11-18(17-8-4-5-9-19(17)23-20)21(26)24-10-6-7-15(24)3/h4-5,8-9,11-15H,6-7,10H2,1-3H3/t15-/m0/s1. The highest BCUT2D eigenvalue weighted by atomic mass is 16.2. The molecule has 1 aliphatic rings. The minimum Gasteiger partial charge on any atom is -0.336 e. The lowest BCUT2D eigenvalue weighted by Gasteiger charge is -2.22. The Balaban J connectivity index is 1.84. The highest BCUT2D eigenvalue weighted by molar-refractivity contribution is 6.07. The van der Waals surface area contributed by atoms with Gasteiger partial charge in [-0.1, -0.05) is 18.2 Å². The second kappa shape index (κ2) is 6.56. The molecule has 5 nitrogen and oxygen atoms in total. The van der Waals surface area contributed by atoms with E-state index < -0.39 is 0 Å². The van der Waals surface area contributed by atoms with E-state index in [-0.39, 0.29) is 11.9 Å². The first-order valence-corrected chi connectivity index (χ1v) is 9.30. The van der Waals surface area contributed by atoms with Crippen LogP contribution in [0.1, 0.15) is 50.0 Å². The van der Waals surface area contributed by atoms with Crippen LogP contribution in [0.15, 0.2) is 42.7 Å². The maximum atomic E-state index is 13.2. The van der Waals surface area contributed by atoms with Crippen molar-refractivity contribution in [1.82, 2.24) is 19.7 Å². The minimum atomic E-state index is 0.103. The van der Waals surface area contributed by atoms with Crippen molar-refractivity contribution in [1.29, 1.82) is 0 Å². The lowest BCUT2D eigenvalue weighted by atomic mass is 10.0. The van der Waals surface area contributed by atoms with E-state index in [1.807, 2.05) is 52.3 Å². The molecule has 0 N–H and O–H groups in total. The van der Waals surface area contributed by atoms with Crippen molar-refractivity contribution in [3.05, 3.63) is 48.3 Å². The Hall–Kier alpha value is -2.69. The number of amides is 1. The van der Waals surface area contributed by atoms with Gasteiger partial charge < -0.3 is 4.90 Å². The summed E-state index contributed by atoms with van der Waals surface area (Å²) >= 11 is 0. The van der Waals surface area contributed by atoms with Gasteiger partial charge in [0.25, 0.3) is 5.91 Å².